The van der Waals surface area contributed by atoms with Crippen LogP contribution >= 0.6 is 0 Å². The van der Waals surface area contributed by atoms with Crippen LogP contribution in [0.1, 0.15) is 40.1 Å². The summed E-state index contributed by atoms with van der Waals surface area (Å²) in [5.41, 5.74) is 2.75. The molecule has 154 valence electrons. The van der Waals surface area contributed by atoms with Crippen LogP contribution in [0.3, 0.4) is 0 Å². The normalized spacial score (nSPS) is 13.5. The van der Waals surface area contributed by atoms with E-state index in [0.717, 1.165) is 36.4 Å². The number of hydrogen-bond donors (Lipinski definition) is 4. The van der Waals surface area contributed by atoms with Crippen LogP contribution in [0, 0.1) is 10.1 Å². The summed E-state index contributed by atoms with van der Waals surface area (Å²) in [5, 5.41) is 45.2. The summed E-state index contributed by atoms with van der Waals surface area (Å²) in [6.45, 7) is 0. The highest BCUT2D eigenvalue weighted by atomic mass is 16.6. The molecule has 1 aromatic heterocycles. The van der Waals surface area contributed by atoms with Gasteiger partial charge < -0.3 is 19.7 Å². The Hall–Kier alpha value is -4.08. The average molecular weight is 411 g/mol. The summed E-state index contributed by atoms with van der Waals surface area (Å²) < 4.78 is 5.78. The number of benzene rings is 2. The van der Waals surface area contributed by atoms with E-state index in [-0.39, 0.29) is 22.5 Å². The van der Waals surface area contributed by atoms with Crippen molar-refractivity contribution in [3.63, 3.8) is 0 Å². The smallest absolute Gasteiger partial charge is 0.315 e. The van der Waals surface area contributed by atoms with Gasteiger partial charge in [0.25, 0.3) is 5.91 Å². The number of furan rings is 1. The lowest BCUT2D eigenvalue weighted by Crippen LogP contribution is -2.17. The van der Waals surface area contributed by atoms with Gasteiger partial charge in [0.05, 0.1) is 28.3 Å². The Labute approximate surface area is 169 Å². The van der Waals surface area contributed by atoms with Gasteiger partial charge in [0, 0.05) is 23.4 Å². The fourth-order valence-corrected chi connectivity index (χ4v) is 3.63. The van der Waals surface area contributed by atoms with Crippen molar-refractivity contribution in [2.45, 2.75) is 25.7 Å². The standard InChI is InChI=1S/C20H17N3O7/c24-10-5-6-11(15(25)7-10)20(27)22-21-9-13-18-12-3-1-2-4-16(12)30-17(18)8-14(19(13)26)23(28)29/h5-9,24-26H,1-4H2,(H,22,27)/b21-9+. The highest BCUT2D eigenvalue weighted by Gasteiger charge is 2.27. The zero-order valence-electron chi connectivity index (χ0n) is 15.6. The number of nitrogens with one attached hydrogen (secondary N) is 1. The van der Waals surface area contributed by atoms with Crippen molar-refractivity contribution in [2.24, 2.45) is 5.10 Å². The largest absolute Gasteiger partial charge is 0.508 e. The van der Waals surface area contributed by atoms with Crippen molar-refractivity contribution in [3.05, 3.63) is 56.8 Å². The van der Waals surface area contributed by atoms with E-state index in [2.05, 4.69) is 10.5 Å². The predicted octanol–water partition coefficient (Wildman–Crippen LogP) is 3.10. The van der Waals surface area contributed by atoms with Gasteiger partial charge in [-0.05, 0) is 31.4 Å². The van der Waals surface area contributed by atoms with E-state index >= 15 is 0 Å². The highest BCUT2D eigenvalue weighted by molar-refractivity contribution is 6.05. The van der Waals surface area contributed by atoms with E-state index in [0.29, 0.717) is 18.2 Å². The summed E-state index contributed by atoms with van der Waals surface area (Å²) >= 11 is 0. The first-order valence-corrected chi connectivity index (χ1v) is 9.16. The summed E-state index contributed by atoms with van der Waals surface area (Å²) in [6.07, 6.45) is 4.38. The Morgan fingerprint density at radius 2 is 1.97 bits per heavy atom. The maximum Gasteiger partial charge on any atom is 0.315 e. The lowest BCUT2D eigenvalue weighted by atomic mass is 9.93. The van der Waals surface area contributed by atoms with Crippen LogP contribution in [0.15, 0.2) is 33.8 Å². The zero-order chi connectivity index (χ0) is 21.4. The van der Waals surface area contributed by atoms with Crippen LogP contribution < -0.4 is 5.43 Å². The molecule has 0 atom stereocenters. The Bertz CT molecular complexity index is 1210. The fourth-order valence-electron chi connectivity index (χ4n) is 3.63. The first-order valence-electron chi connectivity index (χ1n) is 9.16. The SMILES string of the molecule is O=C(N/N=C/c1c(O)c([N+](=O)[O-])cc2oc3c(c12)CCCC3)c1ccc(O)cc1O. The number of carbonyl (C=O) groups is 1. The van der Waals surface area contributed by atoms with Crippen LogP contribution in [0.4, 0.5) is 5.69 Å². The third-order valence-electron chi connectivity index (χ3n) is 5.02. The van der Waals surface area contributed by atoms with Gasteiger partial charge in [-0.1, -0.05) is 0 Å². The van der Waals surface area contributed by atoms with Gasteiger partial charge in [0.1, 0.15) is 22.8 Å². The Morgan fingerprint density at radius 1 is 1.20 bits per heavy atom. The summed E-state index contributed by atoms with van der Waals surface area (Å²) in [7, 11) is 0. The molecule has 0 saturated heterocycles. The quantitative estimate of drug-likeness (QED) is 0.292. The minimum Gasteiger partial charge on any atom is -0.508 e. The molecule has 0 fully saturated rings. The molecule has 1 heterocycles. The van der Waals surface area contributed by atoms with Crippen molar-refractivity contribution in [1.82, 2.24) is 5.43 Å². The van der Waals surface area contributed by atoms with Gasteiger partial charge in [0.15, 0.2) is 0 Å². The number of phenolic OH excluding ortho intramolecular Hbond substituents is 3. The van der Waals surface area contributed by atoms with E-state index in [1.165, 1.54) is 18.2 Å². The van der Waals surface area contributed by atoms with Crippen molar-refractivity contribution >= 4 is 28.8 Å². The molecular weight excluding hydrogens is 394 g/mol. The molecule has 30 heavy (non-hydrogen) atoms. The molecule has 0 bridgehead atoms. The molecule has 4 rings (SSSR count). The molecule has 0 aliphatic heterocycles. The molecule has 10 nitrogen and oxygen atoms in total. The maximum atomic E-state index is 12.2. The molecule has 0 saturated carbocycles. The molecule has 10 heteroatoms. The Morgan fingerprint density at radius 3 is 2.70 bits per heavy atom. The summed E-state index contributed by atoms with van der Waals surface area (Å²) in [5.74, 6) is -1.26. The molecule has 0 radical (unpaired) electrons. The first-order chi connectivity index (χ1) is 14.4. The molecule has 4 N–H and O–H groups in total. The van der Waals surface area contributed by atoms with Gasteiger partial charge in [-0.2, -0.15) is 5.10 Å². The number of amides is 1. The van der Waals surface area contributed by atoms with Crippen molar-refractivity contribution in [3.8, 4) is 17.2 Å². The topological polar surface area (TPSA) is 158 Å². The number of rotatable bonds is 4. The van der Waals surface area contributed by atoms with Crippen LogP contribution in [-0.4, -0.2) is 32.4 Å². The van der Waals surface area contributed by atoms with Gasteiger partial charge in [-0.25, -0.2) is 5.43 Å². The third kappa shape index (κ3) is 3.28. The van der Waals surface area contributed by atoms with Gasteiger partial charge >= 0.3 is 5.69 Å². The second-order valence-corrected chi connectivity index (χ2v) is 6.90. The minimum absolute atomic E-state index is 0.0707. The van der Waals surface area contributed by atoms with Gasteiger partial charge in [0.2, 0.25) is 5.75 Å². The molecule has 2 aromatic carbocycles. The fraction of sp³-hybridized carbons (Fsp3) is 0.200. The molecule has 0 spiro atoms. The number of aryl methyl sites for hydroxylation is 2. The van der Waals surface area contributed by atoms with Crippen molar-refractivity contribution in [1.29, 1.82) is 0 Å². The molecule has 0 unspecified atom stereocenters. The van der Waals surface area contributed by atoms with E-state index in [9.17, 15) is 30.2 Å². The molecule has 1 aliphatic carbocycles. The van der Waals surface area contributed by atoms with E-state index in [4.69, 9.17) is 4.42 Å². The first kappa shape index (κ1) is 19.2. The predicted molar refractivity (Wildman–Crippen MR) is 106 cm³/mol. The number of hydrazone groups is 1. The van der Waals surface area contributed by atoms with Gasteiger partial charge in [-0.15, -0.1) is 0 Å². The lowest BCUT2D eigenvalue weighted by molar-refractivity contribution is -0.385. The van der Waals surface area contributed by atoms with Crippen molar-refractivity contribution in [2.75, 3.05) is 0 Å². The van der Waals surface area contributed by atoms with Crippen LogP contribution in [0.25, 0.3) is 11.0 Å². The number of phenols is 3. The van der Waals surface area contributed by atoms with Gasteiger partial charge in [-0.3, -0.25) is 14.9 Å². The Balaban J connectivity index is 1.73. The van der Waals surface area contributed by atoms with Crippen molar-refractivity contribution < 1.29 is 29.5 Å². The number of carbonyl (C=O) groups excluding carboxylic acids is 1. The average Bonchev–Trinajstić information content (AvgIpc) is 3.07. The van der Waals surface area contributed by atoms with Crippen LogP contribution in [0.5, 0.6) is 17.2 Å². The number of nitro groups is 1. The maximum absolute atomic E-state index is 12.2. The van der Waals surface area contributed by atoms with E-state index < -0.39 is 28.0 Å². The van der Waals surface area contributed by atoms with E-state index in [1.807, 2.05) is 0 Å². The molecular formula is C20H17N3O7. The monoisotopic (exact) mass is 411 g/mol. The number of nitro benzene ring substituents is 1. The Kier molecular flexibility index (Phi) is 4.74. The summed E-state index contributed by atoms with van der Waals surface area (Å²) in [4.78, 5) is 22.8. The minimum atomic E-state index is -0.765. The second-order valence-electron chi connectivity index (χ2n) is 6.90. The molecule has 1 amide bonds. The second kappa shape index (κ2) is 7.39. The number of nitrogens with zero attached hydrogens (tertiary/aromatic N) is 2. The highest BCUT2D eigenvalue weighted by Crippen LogP contribution is 2.41. The third-order valence-corrected chi connectivity index (χ3v) is 5.02. The molecule has 3 aromatic rings. The number of fused-ring (bicyclic) bond motifs is 3. The molecule has 1 aliphatic rings. The summed E-state index contributed by atoms with van der Waals surface area (Å²) in [6, 6.07) is 4.64. The number of hydrogen-bond acceptors (Lipinski definition) is 8. The van der Waals surface area contributed by atoms with Crippen LogP contribution in [-0.2, 0) is 12.8 Å². The van der Waals surface area contributed by atoms with E-state index in [1.54, 1.807) is 0 Å². The zero-order valence-corrected chi connectivity index (χ0v) is 15.6. The lowest BCUT2D eigenvalue weighted by Gasteiger charge is -2.10. The van der Waals surface area contributed by atoms with Crippen LogP contribution in [0.2, 0.25) is 0 Å². The number of aromatic hydroxyl groups is 3.